The van der Waals surface area contributed by atoms with E-state index in [0.717, 1.165) is 49.7 Å². The van der Waals surface area contributed by atoms with Crippen molar-refractivity contribution in [2.24, 2.45) is 11.8 Å². The van der Waals surface area contributed by atoms with E-state index in [0.29, 0.717) is 29.9 Å². The van der Waals surface area contributed by atoms with Gasteiger partial charge in [0.2, 0.25) is 0 Å². The fourth-order valence-electron chi connectivity index (χ4n) is 4.78. The Balaban J connectivity index is 1.31. The second-order valence-electron chi connectivity index (χ2n) is 8.91. The highest BCUT2D eigenvalue weighted by atomic mass is 19.1. The van der Waals surface area contributed by atoms with Crippen molar-refractivity contribution in [1.29, 1.82) is 0 Å². The van der Waals surface area contributed by atoms with E-state index in [-0.39, 0.29) is 24.1 Å². The van der Waals surface area contributed by atoms with Crippen molar-refractivity contribution in [3.63, 3.8) is 0 Å². The Bertz CT molecular complexity index is 906. The maximum absolute atomic E-state index is 14.3. The second kappa shape index (κ2) is 9.67. The summed E-state index contributed by atoms with van der Waals surface area (Å²) in [5.74, 6) is 1.57. The smallest absolute Gasteiger partial charge is 0.303 e. The van der Waals surface area contributed by atoms with Gasteiger partial charge in [-0.05, 0) is 97.6 Å². The number of carbonyl (C=O) groups is 1. The summed E-state index contributed by atoms with van der Waals surface area (Å²) in [6, 6.07) is 6.92. The van der Waals surface area contributed by atoms with Gasteiger partial charge in [-0.15, -0.1) is 0 Å². The van der Waals surface area contributed by atoms with Crippen LogP contribution in [0.15, 0.2) is 36.7 Å². The predicted molar refractivity (Wildman–Crippen MR) is 115 cm³/mol. The van der Waals surface area contributed by atoms with Gasteiger partial charge >= 0.3 is 5.97 Å². The normalized spacial score (nSPS) is 22.0. The number of rotatable bonds is 9. The highest BCUT2D eigenvalue weighted by molar-refractivity contribution is 5.68. The zero-order valence-corrected chi connectivity index (χ0v) is 17.9. The maximum atomic E-state index is 14.3. The van der Waals surface area contributed by atoms with Crippen LogP contribution in [-0.4, -0.2) is 29.8 Å². The molecule has 31 heavy (non-hydrogen) atoms. The molecular formula is C25H30FNO4. The quantitative estimate of drug-likeness (QED) is 0.568. The molecule has 1 unspecified atom stereocenters. The molecule has 1 N–H and O–H groups in total. The molecule has 0 bridgehead atoms. The van der Waals surface area contributed by atoms with Crippen LogP contribution in [0.4, 0.5) is 4.39 Å². The Morgan fingerprint density at radius 3 is 2.58 bits per heavy atom. The molecule has 0 radical (unpaired) electrons. The number of hydrogen-bond donors (Lipinski definition) is 1. The summed E-state index contributed by atoms with van der Waals surface area (Å²) < 4.78 is 25.6. The van der Waals surface area contributed by atoms with E-state index in [1.165, 1.54) is 6.07 Å². The molecule has 166 valence electrons. The van der Waals surface area contributed by atoms with Crippen LogP contribution in [-0.2, 0) is 4.79 Å². The minimum atomic E-state index is -0.771. The highest BCUT2D eigenvalue weighted by Gasteiger charge is 2.34. The van der Waals surface area contributed by atoms with Crippen LogP contribution in [0.2, 0.25) is 0 Å². The van der Waals surface area contributed by atoms with Crippen LogP contribution in [0.1, 0.15) is 67.9 Å². The number of pyridine rings is 1. The van der Waals surface area contributed by atoms with E-state index < -0.39 is 5.97 Å². The van der Waals surface area contributed by atoms with Crippen LogP contribution in [0.5, 0.6) is 11.5 Å². The van der Waals surface area contributed by atoms with Crippen molar-refractivity contribution in [3.8, 4) is 11.5 Å². The molecule has 1 atom stereocenters. The largest absolute Gasteiger partial charge is 0.497 e. The predicted octanol–water partition coefficient (Wildman–Crippen LogP) is 5.55. The van der Waals surface area contributed by atoms with Gasteiger partial charge in [-0.3, -0.25) is 9.78 Å². The minimum Gasteiger partial charge on any atom is -0.497 e. The molecule has 0 amide bonds. The molecule has 1 aromatic carbocycles. The first-order valence-corrected chi connectivity index (χ1v) is 11.2. The Hall–Kier alpha value is -2.63. The van der Waals surface area contributed by atoms with Crippen LogP contribution >= 0.6 is 0 Å². The van der Waals surface area contributed by atoms with Crippen molar-refractivity contribution in [1.82, 2.24) is 4.98 Å². The van der Waals surface area contributed by atoms with Crippen molar-refractivity contribution < 1.29 is 23.8 Å². The molecule has 2 aliphatic rings. The number of nitrogens with zero attached hydrogens (tertiary/aromatic N) is 1. The van der Waals surface area contributed by atoms with E-state index >= 15 is 0 Å². The third kappa shape index (κ3) is 5.54. The summed E-state index contributed by atoms with van der Waals surface area (Å²) in [4.78, 5) is 15.5. The monoisotopic (exact) mass is 427 g/mol. The Morgan fingerprint density at radius 1 is 1.13 bits per heavy atom. The molecule has 2 fully saturated rings. The molecule has 4 rings (SSSR count). The molecular weight excluding hydrogens is 397 g/mol. The molecule has 0 aliphatic heterocycles. The number of benzene rings is 1. The number of ether oxygens (including phenoxy) is 2. The fraction of sp³-hybridized carbons (Fsp3) is 0.520. The van der Waals surface area contributed by atoms with Gasteiger partial charge in [0.1, 0.15) is 17.3 Å². The first kappa shape index (κ1) is 21.6. The summed E-state index contributed by atoms with van der Waals surface area (Å²) in [5.41, 5.74) is 1.71. The first-order valence-electron chi connectivity index (χ1n) is 11.2. The number of methoxy groups -OCH3 is 1. The summed E-state index contributed by atoms with van der Waals surface area (Å²) in [6.07, 6.45) is 9.60. The van der Waals surface area contributed by atoms with Crippen molar-refractivity contribution in [3.05, 3.63) is 53.6 Å². The third-order valence-corrected chi connectivity index (χ3v) is 6.72. The van der Waals surface area contributed by atoms with E-state index in [4.69, 9.17) is 9.47 Å². The van der Waals surface area contributed by atoms with Gasteiger partial charge in [-0.1, -0.05) is 0 Å². The number of carboxylic acids is 1. The molecule has 1 aromatic heterocycles. The molecule has 1 heterocycles. The lowest BCUT2D eigenvalue weighted by Crippen LogP contribution is -2.20. The highest BCUT2D eigenvalue weighted by Crippen LogP contribution is 2.45. The van der Waals surface area contributed by atoms with Crippen molar-refractivity contribution in [2.45, 2.75) is 56.8 Å². The van der Waals surface area contributed by atoms with E-state index in [1.54, 1.807) is 25.6 Å². The number of hydrogen-bond acceptors (Lipinski definition) is 4. The number of aliphatic carboxylic acids is 1. The van der Waals surface area contributed by atoms with Gasteiger partial charge in [0, 0.05) is 6.20 Å². The van der Waals surface area contributed by atoms with Crippen LogP contribution in [0, 0.1) is 17.7 Å². The summed E-state index contributed by atoms with van der Waals surface area (Å²) in [7, 11) is 1.60. The number of aromatic nitrogens is 1. The maximum Gasteiger partial charge on any atom is 0.303 e. The van der Waals surface area contributed by atoms with Gasteiger partial charge in [0.25, 0.3) is 0 Å². The fourth-order valence-corrected chi connectivity index (χ4v) is 4.78. The van der Waals surface area contributed by atoms with E-state index in [9.17, 15) is 14.3 Å². The Morgan fingerprint density at radius 2 is 1.90 bits per heavy atom. The molecule has 0 saturated heterocycles. The zero-order chi connectivity index (χ0) is 21.8. The standard InChI is InChI=1S/C25H30FNO4/c1-30-20-8-9-24(26)23(11-20)18-4-2-16(3-5-18)15-31-21-10-19(13-27-14-21)22(12-25(28)29)17-6-7-17/h8-11,13-14,16-18,22H,2-7,12,15H2,1H3,(H,28,29). The lowest BCUT2D eigenvalue weighted by molar-refractivity contribution is -0.137. The van der Waals surface area contributed by atoms with Crippen molar-refractivity contribution >= 4 is 5.97 Å². The Labute approximate surface area is 182 Å². The lowest BCUT2D eigenvalue weighted by atomic mass is 9.79. The topological polar surface area (TPSA) is 68.7 Å². The third-order valence-electron chi connectivity index (χ3n) is 6.72. The van der Waals surface area contributed by atoms with Crippen LogP contribution in [0.3, 0.4) is 0 Å². The SMILES string of the molecule is COc1ccc(F)c(C2CCC(COc3cncc(C(CC(=O)O)C4CC4)c3)CC2)c1. The molecule has 6 heteroatoms. The average molecular weight is 428 g/mol. The molecule has 0 spiro atoms. The average Bonchev–Trinajstić information content (AvgIpc) is 3.62. The molecule has 2 aliphatic carbocycles. The van der Waals surface area contributed by atoms with Crippen LogP contribution < -0.4 is 9.47 Å². The summed E-state index contributed by atoms with van der Waals surface area (Å²) >= 11 is 0. The summed E-state index contributed by atoms with van der Waals surface area (Å²) in [5, 5.41) is 9.23. The number of carboxylic acid groups (broad SMARTS) is 1. The van der Waals surface area contributed by atoms with Gasteiger partial charge in [-0.25, -0.2) is 4.39 Å². The van der Waals surface area contributed by atoms with Crippen LogP contribution in [0.25, 0.3) is 0 Å². The lowest BCUT2D eigenvalue weighted by Gasteiger charge is -2.29. The van der Waals surface area contributed by atoms with E-state index in [1.807, 2.05) is 12.1 Å². The van der Waals surface area contributed by atoms with Crippen molar-refractivity contribution in [2.75, 3.05) is 13.7 Å². The Kier molecular flexibility index (Phi) is 6.73. The van der Waals surface area contributed by atoms with Gasteiger partial charge in [0.05, 0.1) is 26.3 Å². The molecule has 2 aromatic rings. The zero-order valence-electron chi connectivity index (χ0n) is 17.9. The first-order chi connectivity index (χ1) is 15.0. The summed E-state index contributed by atoms with van der Waals surface area (Å²) in [6.45, 7) is 0.603. The minimum absolute atomic E-state index is 0.0155. The van der Waals surface area contributed by atoms with E-state index in [2.05, 4.69) is 4.98 Å². The number of halogens is 1. The molecule has 5 nitrogen and oxygen atoms in total. The van der Waals surface area contributed by atoms with Gasteiger partial charge in [-0.2, -0.15) is 0 Å². The second-order valence-corrected chi connectivity index (χ2v) is 8.91. The van der Waals surface area contributed by atoms with Gasteiger partial charge in [0.15, 0.2) is 0 Å². The van der Waals surface area contributed by atoms with Gasteiger partial charge < -0.3 is 14.6 Å². The molecule has 2 saturated carbocycles.